The van der Waals surface area contributed by atoms with Crippen molar-refractivity contribution in [2.75, 3.05) is 33.5 Å². The van der Waals surface area contributed by atoms with Crippen molar-refractivity contribution in [3.8, 4) is 11.5 Å². The number of non-ortho nitro benzene ring substituents is 1. The number of halogens is 1. The summed E-state index contributed by atoms with van der Waals surface area (Å²) in [6.45, 7) is 6.42. The van der Waals surface area contributed by atoms with Crippen LogP contribution < -0.4 is 9.47 Å². The van der Waals surface area contributed by atoms with E-state index in [0.29, 0.717) is 47.8 Å². The van der Waals surface area contributed by atoms with E-state index in [1.54, 1.807) is 60.5 Å². The lowest BCUT2D eigenvalue weighted by atomic mass is 9.55. The Labute approximate surface area is 344 Å². The van der Waals surface area contributed by atoms with Gasteiger partial charge in [-0.25, -0.2) is 4.39 Å². The second-order valence-electron chi connectivity index (χ2n) is 15.2. The van der Waals surface area contributed by atoms with Crippen molar-refractivity contribution in [3.63, 3.8) is 0 Å². The van der Waals surface area contributed by atoms with Gasteiger partial charge in [-0.3, -0.25) is 14.9 Å². The third-order valence-electron chi connectivity index (χ3n) is 11.6. The summed E-state index contributed by atoms with van der Waals surface area (Å²) < 4.78 is 35.0. The van der Waals surface area contributed by atoms with E-state index in [0.717, 1.165) is 36.8 Å². The van der Waals surface area contributed by atoms with Crippen molar-refractivity contribution >= 4 is 23.4 Å². The maximum absolute atomic E-state index is 14.7. The Morgan fingerprint density at radius 2 is 1.83 bits per heavy atom. The molecule has 2 N–H and O–H groups in total. The van der Waals surface area contributed by atoms with Crippen LogP contribution in [0.4, 0.5) is 10.1 Å². The van der Waals surface area contributed by atoms with Crippen LogP contribution in [-0.4, -0.2) is 77.0 Å². The lowest BCUT2D eigenvalue weighted by Gasteiger charge is -2.59. The topological polar surface area (TPSA) is 153 Å². The van der Waals surface area contributed by atoms with Gasteiger partial charge in [0.1, 0.15) is 36.6 Å². The predicted octanol–water partition coefficient (Wildman–Crippen LogP) is 8.14. The Hall–Kier alpha value is -5.37. The van der Waals surface area contributed by atoms with Crippen molar-refractivity contribution in [1.29, 1.82) is 0 Å². The van der Waals surface area contributed by atoms with Crippen LogP contribution in [0.15, 0.2) is 102 Å². The molecule has 1 saturated carbocycles. The van der Waals surface area contributed by atoms with E-state index in [1.807, 2.05) is 19.1 Å². The third-order valence-corrected chi connectivity index (χ3v) is 11.6. The lowest BCUT2D eigenvalue weighted by molar-refractivity contribution is -0.384. The average Bonchev–Trinajstić information content (AvgIpc) is 3.24. The SMILES string of the molecule is C=CCOC12Oc3ccc(OCc4ccccc4F)cc3C3C(CCCCO)C(CCCCO)C=C(C(=NOCC)CC1N(C)C(=O)C=Cc1ccc([N+](=O)[O-])cc1)C32. The summed E-state index contributed by atoms with van der Waals surface area (Å²) in [4.78, 5) is 32.3. The van der Waals surface area contributed by atoms with Crippen LogP contribution in [0.25, 0.3) is 6.08 Å². The Balaban J connectivity index is 1.49. The number of hydrogen-bond acceptors (Lipinski definition) is 10. The fourth-order valence-electron chi connectivity index (χ4n) is 8.88. The predicted molar refractivity (Wildman–Crippen MR) is 222 cm³/mol. The molecule has 2 aliphatic carbocycles. The molecule has 3 aliphatic rings. The molecule has 3 aromatic carbocycles. The van der Waals surface area contributed by atoms with Gasteiger partial charge in [0.15, 0.2) is 0 Å². The van der Waals surface area contributed by atoms with E-state index in [9.17, 15) is 29.5 Å². The first-order chi connectivity index (χ1) is 28.6. The van der Waals surface area contributed by atoms with E-state index in [1.165, 1.54) is 24.3 Å². The molecular weight excluding hydrogens is 758 g/mol. The third kappa shape index (κ3) is 9.59. The van der Waals surface area contributed by atoms with Gasteiger partial charge in [0.05, 0.1) is 23.2 Å². The van der Waals surface area contributed by atoms with E-state index in [-0.39, 0.29) is 68.0 Å². The molecular formula is C46H54FN3O9. The number of hydrogen-bond donors (Lipinski definition) is 2. The molecule has 3 aromatic rings. The molecule has 6 rings (SSSR count). The zero-order chi connectivity index (χ0) is 41.9. The molecule has 0 radical (unpaired) electrons. The molecule has 0 spiro atoms. The van der Waals surface area contributed by atoms with Gasteiger partial charge in [-0.05, 0) is 98.1 Å². The van der Waals surface area contributed by atoms with Gasteiger partial charge >= 0.3 is 0 Å². The molecule has 13 heteroatoms. The standard InChI is InChI=1S/C46H54FN3O9/c1-4-26-57-46-42(49(3)43(53)23-18-31-16-19-34(20-17-31)50(54)55)29-40(48-58-5-2)37-27-32(12-8-10-24-51)36(14-9-11-25-52)44(45(37)46)38-28-35(21-22-41(38)59-46)56-30-33-13-6-7-15-39(33)47/h4,6-7,13,15-23,27-28,32,36,42,44-45,51-52H,1,5,8-12,14,24-26,29-30H2,2-3H3. The number of amides is 1. The summed E-state index contributed by atoms with van der Waals surface area (Å²) in [5.41, 5.74) is 3.45. The number of nitrogens with zero attached hydrogens (tertiary/aromatic N) is 3. The lowest BCUT2D eigenvalue weighted by Crippen LogP contribution is -2.69. The maximum atomic E-state index is 14.7. The number of fused-ring (bicyclic) bond motifs is 2. The van der Waals surface area contributed by atoms with Crippen molar-refractivity contribution in [3.05, 3.63) is 130 Å². The Bertz CT molecular complexity index is 2040. The molecule has 0 aromatic heterocycles. The maximum Gasteiger partial charge on any atom is 0.269 e. The van der Waals surface area contributed by atoms with Gasteiger partial charge in [0.2, 0.25) is 11.7 Å². The van der Waals surface area contributed by atoms with E-state index < -0.39 is 22.7 Å². The number of allylic oxidation sites excluding steroid dienone is 1. The number of carbonyl (C=O) groups is 1. The number of nitro benzene ring substituents is 1. The van der Waals surface area contributed by atoms with Crippen LogP contribution in [-0.2, 0) is 21.0 Å². The zero-order valence-corrected chi connectivity index (χ0v) is 33.7. The largest absolute Gasteiger partial charge is 0.489 e. The van der Waals surface area contributed by atoms with Crippen molar-refractivity contribution in [2.24, 2.45) is 22.9 Å². The summed E-state index contributed by atoms with van der Waals surface area (Å²) in [5.74, 6) is -1.73. The smallest absolute Gasteiger partial charge is 0.269 e. The Kier molecular flexibility index (Phi) is 14.7. The van der Waals surface area contributed by atoms with E-state index in [4.69, 9.17) is 19.0 Å². The average molecular weight is 812 g/mol. The zero-order valence-electron chi connectivity index (χ0n) is 33.7. The molecule has 59 heavy (non-hydrogen) atoms. The molecule has 0 bridgehead atoms. The molecule has 1 heterocycles. The normalized spacial score (nSPS) is 23.8. The van der Waals surface area contributed by atoms with Crippen molar-refractivity contribution in [2.45, 2.75) is 76.2 Å². The summed E-state index contributed by atoms with van der Waals surface area (Å²) in [6.07, 6.45) is 11.6. The number of aliphatic hydroxyl groups excluding tert-OH is 2. The molecule has 12 nitrogen and oxygen atoms in total. The first kappa shape index (κ1) is 43.2. The summed E-state index contributed by atoms with van der Waals surface area (Å²) in [5, 5.41) is 35.6. The molecule has 314 valence electrons. The minimum Gasteiger partial charge on any atom is -0.489 e. The van der Waals surface area contributed by atoms with Gasteiger partial charge in [0, 0.05) is 61.9 Å². The Morgan fingerprint density at radius 3 is 2.53 bits per heavy atom. The van der Waals surface area contributed by atoms with Crippen LogP contribution in [0.1, 0.15) is 74.5 Å². The molecule has 6 unspecified atom stereocenters. The second kappa shape index (κ2) is 20.1. The van der Waals surface area contributed by atoms with Crippen LogP contribution in [0, 0.1) is 33.7 Å². The number of ether oxygens (including phenoxy) is 3. The first-order valence-electron chi connectivity index (χ1n) is 20.4. The van der Waals surface area contributed by atoms with Crippen molar-refractivity contribution < 1.29 is 43.4 Å². The van der Waals surface area contributed by atoms with Crippen LogP contribution in [0.3, 0.4) is 0 Å². The van der Waals surface area contributed by atoms with Crippen molar-refractivity contribution in [1.82, 2.24) is 4.90 Å². The highest BCUT2D eigenvalue weighted by molar-refractivity contribution is 6.03. The fourth-order valence-corrected chi connectivity index (χ4v) is 8.88. The van der Waals surface area contributed by atoms with Gasteiger partial charge in [0.25, 0.3) is 5.69 Å². The van der Waals surface area contributed by atoms with Gasteiger partial charge in [-0.15, -0.1) is 6.58 Å². The number of nitro groups is 1. The summed E-state index contributed by atoms with van der Waals surface area (Å²) in [7, 11) is 1.70. The number of rotatable bonds is 20. The Morgan fingerprint density at radius 1 is 1.08 bits per heavy atom. The number of carbonyl (C=O) groups excluding carboxylic acids is 1. The van der Waals surface area contributed by atoms with Gasteiger partial charge in [-0.2, -0.15) is 0 Å². The number of likely N-dealkylation sites (N-methyl/N-ethyl adjacent to an activating group) is 1. The van der Waals surface area contributed by atoms with Gasteiger partial charge in [-0.1, -0.05) is 48.3 Å². The van der Waals surface area contributed by atoms with E-state index in [2.05, 4.69) is 17.8 Å². The minimum atomic E-state index is -1.44. The number of oxime groups is 1. The summed E-state index contributed by atoms with van der Waals surface area (Å²) >= 11 is 0. The highest BCUT2D eigenvalue weighted by atomic mass is 19.1. The monoisotopic (exact) mass is 811 g/mol. The molecule has 6 atom stereocenters. The molecule has 1 aliphatic heterocycles. The highest BCUT2D eigenvalue weighted by Crippen LogP contribution is 2.61. The summed E-state index contributed by atoms with van der Waals surface area (Å²) in [6, 6.07) is 17.3. The molecule has 0 saturated heterocycles. The number of aliphatic hydroxyl groups is 2. The quantitative estimate of drug-likeness (QED) is 0.0379. The van der Waals surface area contributed by atoms with Crippen LogP contribution in [0.5, 0.6) is 11.5 Å². The van der Waals surface area contributed by atoms with Gasteiger partial charge < -0.3 is 34.2 Å². The van der Waals surface area contributed by atoms with Crippen LogP contribution >= 0.6 is 0 Å². The first-order valence-corrected chi connectivity index (χ1v) is 20.4. The van der Waals surface area contributed by atoms with Crippen LogP contribution in [0.2, 0.25) is 0 Å². The fraction of sp³-hybridized carbons (Fsp3) is 0.435. The number of benzene rings is 3. The van der Waals surface area contributed by atoms with E-state index >= 15 is 0 Å². The number of unbranched alkanes of at least 4 members (excludes halogenated alkanes) is 2. The molecule has 1 amide bonds. The second-order valence-corrected chi connectivity index (χ2v) is 15.2. The minimum absolute atomic E-state index is 0.0142. The highest BCUT2D eigenvalue weighted by Gasteiger charge is 2.65. The molecule has 1 fully saturated rings.